The summed E-state index contributed by atoms with van der Waals surface area (Å²) in [6.45, 7) is 1.56. The van der Waals surface area contributed by atoms with Crippen LogP contribution in [0.1, 0.15) is 15.4 Å². The van der Waals surface area contributed by atoms with Crippen LogP contribution in [0.15, 0.2) is 51.0 Å². The van der Waals surface area contributed by atoms with Gasteiger partial charge in [-0.2, -0.15) is 0 Å². The third-order valence-electron chi connectivity index (χ3n) is 3.33. The lowest BCUT2D eigenvalue weighted by molar-refractivity contribution is 0.103. The zero-order valence-electron chi connectivity index (χ0n) is 13.8. The highest BCUT2D eigenvalue weighted by atomic mass is 32.2. The number of aromatic nitrogens is 3. The summed E-state index contributed by atoms with van der Waals surface area (Å²) in [7, 11) is -4.30. The average molecular weight is 407 g/mol. The van der Waals surface area contributed by atoms with Gasteiger partial charge in [0, 0.05) is 11.9 Å². The molecule has 0 unspecified atom stereocenters. The first kappa shape index (κ1) is 18.5. The van der Waals surface area contributed by atoms with Crippen LogP contribution < -0.4 is 21.3 Å². The monoisotopic (exact) mass is 407 g/mol. The number of carbonyl (C=O) groups is 1. The molecule has 0 spiro atoms. The minimum absolute atomic E-state index is 0.0867. The Morgan fingerprint density at radius 3 is 2.56 bits per heavy atom. The number of nitrogens with one attached hydrogen (secondary N) is 4. The molecule has 3 aromatic rings. The minimum atomic E-state index is -4.30. The normalized spacial score (nSPS) is 11.1. The molecular weight excluding hydrogens is 394 g/mol. The molecule has 0 fully saturated rings. The van der Waals surface area contributed by atoms with E-state index >= 15 is 0 Å². The molecule has 0 aliphatic rings. The summed E-state index contributed by atoms with van der Waals surface area (Å²) in [6, 6.07) is 8.74. The smallest absolute Gasteiger partial charge is 0.321 e. The van der Waals surface area contributed by atoms with Crippen molar-refractivity contribution >= 4 is 38.1 Å². The van der Waals surface area contributed by atoms with Gasteiger partial charge >= 0.3 is 5.69 Å². The maximum atomic E-state index is 12.4. The quantitative estimate of drug-likeness (QED) is 0.492. The lowest BCUT2D eigenvalue weighted by Gasteiger charge is -2.03. The van der Waals surface area contributed by atoms with Gasteiger partial charge in [-0.05, 0) is 19.1 Å². The van der Waals surface area contributed by atoms with Crippen molar-refractivity contribution in [3.05, 3.63) is 67.9 Å². The molecule has 3 rings (SSSR count). The number of nitrogens with zero attached hydrogens (tertiary/aromatic N) is 1. The highest BCUT2D eigenvalue weighted by molar-refractivity contribution is 7.93. The number of amides is 1. The Bertz CT molecular complexity index is 1210. The molecule has 1 amide bonds. The van der Waals surface area contributed by atoms with Crippen LogP contribution in [0.3, 0.4) is 0 Å². The number of hydrogen-bond donors (Lipinski definition) is 4. The van der Waals surface area contributed by atoms with E-state index in [0.29, 0.717) is 11.4 Å². The molecule has 4 N–H and O–H groups in total. The van der Waals surface area contributed by atoms with Crippen molar-refractivity contribution in [3.63, 3.8) is 0 Å². The number of H-pyrrole nitrogens is 2. The number of sulfonamides is 1. The number of rotatable bonds is 5. The Morgan fingerprint density at radius 2 is 1.89 bits per heavy atom. The van der Waals surface area contributed by atoms with Crippen LogP contribution in [0, 0.1) is 6.92 Å². The number of thiazole rings is 1. The predicted molar refractivity (Wildman–Crippen MR) is 99.7 cm³/mol. The second kappa shape index (κ2) is 7.17. The first-order chi connectivity index (χ1) is 12.8. The fraction of sp³-hybridized carbons (Fsp3) is 0.0667. The van der Waals surface area contributed by atoms with Gasteiger partial charge in [-0.15, -0.1) is 0 Å². The van der Waals surface area contributed by atoms with Gasteiger partial charge in [-0.1, -0.05) is 29.5 Å². The van der Waals surface area contributed by atoms with Crippen LogP contribution in [0.5, 0.6) is 0 Å². The summed E-state index contributed by atoms with van der Waals surface area (Å²) in [5.74, 6) is -0.441. The minimum Gasteiger partial charge on any atom is -0.321 e. The molecular formula is C15H13N5O5S2. The topological polar surface area (TPSA) is 154 Å². The molecule has 0 radical (unpaired) electrons. The number of hydrogen-bond acceptors (Lipinski definition) is 7. The molecule has 1 aromatic carbocycles. The fourth-order valence-corrected chi connectivity index (χ4v) is 4.23. The molecule has 10 nitrogen and oxygen atoms in total. The van der Waals surface area contributed by atoms with Crippen LogP contribution in [-0.4, -0.2) is 29.3 Å². The molecule has 27 heavy (non-hydrogen) atoms. The third kappa shape index (κ3) is 4.12. The van der Waals surface area contributed by atoms with Crippen molar-refractivity contribution in [2.45, 2.75) is 11.8 Å². The van der Waals surface area contributed by atoms with Gasteiger partial charge in [0.2, 0.25) is 0 Å². The molecule has 0 saturated carbocycles. The summed E-state index contributed by atoms with van der Waals surface area (Å²) in [4.78, 5) is 42.5. The lowest BCUT2D eigenvalue weighted by atomic mass is 10.3. The standard InChI is InChI=1S/C15H13N5O5S2/c1-8-11(13(22)18-9-5-3-2-4-6-9)26-15(17-8)20-27(24,25)10-7-16-14(23)19-12(10)21/h2-7H,1H3,(H,17,20)(H,18,22)(H2,16,19,21,23). The molecule has 0 bridgehead atoms. The van der Waals surface area contributed by atoms with E-state index in [4.69, 9.17) is 0 Å². The van der Waals surface area contributed by atoms with Gasteiger partial charge in [0.05, 0.1) is 5.69 Å². The van der Waals surface area contributed by atoms with Gasteiger partial charge in [-0.3, -0.25) is 19.3 Å². The predicted octanol–water partition coefficient (Wildman–Crippen LogP) is 0.881. The van der Waals surface area contributed by atoms with Crippen LogP contribution in [0.4, 0.5) is 10.8 Å². The number of anilines is 2. The molecule has 0 aliphatic heterocycles. The van der Waals surface area contributed by atoms with Crippen LogP contribution >= 0.6 is 11.3 Å². The highest BCUT2D eigenvalue weighted by Gasteiger charge is 2.23. The second-order valence-corrected chi connectivity index (χ2v) is 7.95. The zero-order chi connectivity index (χ0) is 19.6. The fourth-order valence-electron chi connectivity index (χ4n) is 2.13. The van der Waals surface area contributed by atoms with Gasteiger partial charge < -0.3 is 10.3 Å². The van der Waals surface area contributed by atoms with Crippen molar-refractivity contribution < 1.29 is 13.2 Å². The van der Waals surface area contributed by atoms with Crippen molar-refractivity contribution in [2.75, 3.05) is 10.0 Å². The summed E-state index contributed by atoms with van der Waals surface area (Å²) in [6.07, 6.45) is 0.785. The van der Waals surface area contributed by atoms with Gasteiger partial charge in [0.25, 0.3) is 21.5 Å². The largest absolute Gasteiger partial charge is 0.325 e. The first-order valence-corrected chi connectivity index (χ1v) is 9.75. The van der Waals surface area contributed by atoms with Gasteiger partial charge in [0.1, 0.15) is 4.88 Å². The number of aryl methyl sites for hydroxylation is 1. The van der Waals surface area contributed by atoms with E-state index in [2.05, 4.69) is 20.0 Å². The van der Waals surface area contributed by atoms with Gasteiger partial charge in [0.15, 0.2) is 10.0 Å². The highest BCUT2D eigenvalue weighted by Crippen LogP contribution is 2.25. The van der Waals surface area contributed by atoms with E-state index in [-0.39, 0.29) is 10.0 Å². The maximum Gasteiger partial charge on any atom is 0.325 e. The third-order valence-corrected chi connectivity index (χ3v) is 5.88. The number of aromatic amines is 2. The average Bonchev–Trinajstić information content (AvgIpc) is 2.95. The van der Waals surface area contributed by atoms with E-state index in [1.54, 1.807) is 37.3 Å². The Kier molecular flexibility index (Phi) is 4.92. The van der Waals surface area contributed by atoms with Crippen molar-refractivity contribution in [1.82, 2.24) is 15.0 Å². The molecule has 12 heteroatoms. The molecule has 2 heterocycles. The molecule has 0 saturated heterocycles. The molecule has 0 atom stereocenters. The zero-order valence-corrected chi connectivity index (χ0v) is 15.4. The summed E-state index contributed by atoms with van der Waals surface area (Å²) in [5.41, 5.74) is -0.996. The maximum absolute atomic E-state index is 12.4. The molecule has 2 aromatic heterocycles. The first-order valence-electron chi connectivity index (χ1n) is 7.45. The van der Waals surface area contributed by atoms with Crippen molar-refractivity contribution in [3.8, 4) is 0 Å². The molecule has 140 valence electrons. The van der Waals surface area contributed by atoms with E-state index in [0.717, 1.165) is 17.5 Å². The SMILES string of the molecule is Cc1nc(NS(=O)(=O)c2c[nH]c(=O)[nH]c2=O)sc1C(=O)Nc1ccccc1. The van der Waals surface area contributed by atoms with Crippen molar-refractivity contribution in [1.29, 1.82) is 0 Å². The Labute approximate surface area is 156 Å². The summed E-state index contributed by atoms with van der Waals surface area (Å²) in [5, 5.41) is 2.60. The summed E-state index contributed by atoms with van der Waals surface area (Å²) >= 11 is 0.820. The lowest BCUT2D eigenvalue weighted by Crippen LogP contribution is -2.29. The van der Waals surface area contributed by atoms with E-state index in [1.807, 2.05) is 4.98 Å². The summed E-state index contributed by atoms with van der Waals surface area (Å²) < 4.78 is 26.8. The van der Waals surface area contributed by atoms with E-state index < -0.39 is 32.1 Å². The Balaban J connectivity index is 1.85. The number of benzene rings is 1. The van der Waals surface area contributed by atoms with Crippen molar-refractivity contribution in [2.24, 2.45) is 0 Å². The Morgan fingerprint density at radius 1 is 1.19 bits per heavy atom. The Hall–Kier alpha value is -3.25. The number of carbonyl (C=O) groups excluding carboxylic acids is 1. The van der Waals surface area contributed by atoms with E-state index in [1.165, 1.54) is 0 Å². The molecule has 0 aliphatic carbocycles. The van der Waals surface area contributed by atoms with Gasteiger partial charge in [-0.25, -0.2) is 18.2 Å². The van der Waals surface area contributed by atoms with Crippen LogP contribution in [0.25, 0.3) is 0 Å². The van der Waals surface area contributed by atoms with Crippen LogP contribution in [-0.2, 0) is 10.0 Å². The number of para-hydroxylation sites is 1. The van der Waals surface area contributed by atoms with E-state index in [9.17, 15) is 22.8 Å². The second-order valence-electron chi connectivity index (χ2n) is 5.30. The van der Waals surface area contributed by atoms with Crippen LogP contribution in [0.2, 0.25) is 0 Å².